The van der Waals surface area contributed by atoms with Gasteiger partial charge < -0.3 is 4.90 Å². The van der Waals surface area contributed by atoms with Gasteiger partial charge in [-0.3, -0.25) is 18.7 Å². The molecule has 1 aromatic carbocycles. The van der Waals surface area contributed by atoms with E-state index in [9.17, 15) is 14.4 Å². The number of nitrogens with zero attached hydrogens (tertiary/aromatic N) is 4. The van der Waals surface area contributed by atoms with Crippen molar-refractivity contribution in [2.75, 3.05) is 13.1 Å². The highest BCUT2D eigenvalue weighted by Crippen LogP contribution is 2.16. The van der Waals surface area contributed by atoms with Crippen LogP contribution < -0.4 is 11.2 Å². The predicted octanol–water partition coefficient (Wildman–Crippen LogP) is 1.86. The summed E-state index contributed by atoms with van der Waals surface area (Å²) in [5.74, 6) is 0.508. The summed E-state index contributed by atoms with van der Waals surface area (Å²) in [7, 11) is 0. The zero-order chi connectivity index (χ0) is 20.4. The van der Waals surface area contributed by atoms with E-state index >= 15 is 0 Å². The number of hydrogen-bond donors (Lipinski definition) is 0. The van der Waals surface area contributed by atoms with Gasteiger partial charge in [-0.15, -0.1) is 0 Å². The van der Waals surface area contributed by atoms with Crippen molar-refractivity contribution in [3.05, 3.63) is 75.1 Å². The quantitative estimate of drug-likeness (QED) is 0.679. The first-order valence-corrected chi connectivity index (χ1v) is 9.94. The van der Waals surface area contributed by atoms with E-state index in [1.54, 1.807) is 17.0 Å². The zero-order valence-corrected chi connectivity index (χ0v) is 16.5. The molecule has 3 heterocycles. The first-order valence-electron chi connectivity index (χ1n) is 9.94. The third-order valence-corrected chi connectivity index (χ3v) is 5.60. The van der Waals surface area contributed by atoms with E-state index in [1.165, 1.54) is 10.8 Å². The number of rotatable bonds is 4. The van der Waals surface area contributed by atoms with E-state index < -0.39 is 11.2 Å². The Bertz CT molecular complexity index is 1140. The summed E-state index contributed by atoms with van der Waals surface area (Å²) in [6.45, 7) is 3.64. The Morgan fingerprint density at radius 1 is 1.03 bits per heavy atom. The number of benzene rings is 1. The smallest absolute Gasteiger partial charge is 0.332 e. The van der Waals surface area contributed by atoms with Gasteiger partial charge in [-0.05, 0) is 36.5 Å². The Morgan fingerprint density at radius 2 is 1.76 bits per heavy atom. The van der Waals surface area contributed by atoms with Crippen LogP contribution in [0.25, 0.3) is 11.0 Å². The van der Waals surface area contributed by atoms with E-state index in [0.717, 1.165) is 23.0 Å². The molecule has 0 bridgehead atoms. The fourth-order valence-electron chi connectivity index (χ4n) is 3.79. The minimum absolute atomic E-state index is 0.0928. The van der Waals surface area contributed by atoms with Gasteiger partial charge in [0.25, 0.3) is 5.56 Å². The van der Waals surface area contributed by atoms with E-state index in [-0.39, 0.29) is 24.5 Å². The molecule has 150 valence electrons. The lowest BCUT2D eigenvalue weighted by Crippen LogP contribution is -2.45. The van der Waals surface area contributed by atoms with Crippen LogP contribution in [0, 0.1) is 5.92 Å². The summed E-state index contributed by atoms with van der Waals surface area (Å²) >= 11 is 0. The predicted molar refractivity (Wildman–Crippen MR) is 111 cm³/mol. The van der Waals surface area contributed by atoms with Gasteiger partial charge in [0.1, 0.15) is 6.54 Å². The Labute approximate surface area is 168 Å². The molecule has 0 atom stereocenters. The number of carbonyl (C=O) groups is 1. The highest BCUT2D eigenvalue weighted by molar-refractivity contribution is 5.79. The highest BCUT2D eigenvalue weighted by atomic mass is 16.2. The molecule has 2 aromatic heterocycles. The van der Waals surface area contributed by atoms with Crippen LogP contribution in [0.1, 0.15) is 25.3 Å². The lowest BCUT2D eigenvalue weighted by molar-refractivity contribution is -0.133. The first kappa shape index (κ1) is 19.1. The van der Waals surface area contributed by atoms with Crippen molar-refractivity contribution in [1.82, 2.24) is 19.0 Å². The summed E-state index contributed by atoms with van der Waals surface area (Å²) in [4.78, 5) is 45.0. The van der Waals surface area contributed by atoms with E-state index in [2.05, 4.69) is 11.9 Å². The second kappa shape index (κ2) is 8.03. The number of pyridine rings is 1. The minimum Gasteiger partial charge on any atom is -0.341 e. The van der Waals surface area contributed by atoms with Gasteiger partial charge in [0.15, 0.2) is 5.52 Å². The number of likely N-dealkylation sites (tertiary alicyclic amines) is 1. The lowest BCUT2D eigenvalue weighted by Gasteiger charge is -2.30. The van der Waals surface area contributed by atoms with Gasteiger partial charge in [-0.1, -0.05) is 37.3 Å². The fraction of sp³-hybridized carbons (Fsp3) is 0.364. The molecular weight excluding hydrogens is 368 g/mol. The van der Waals surface area contributed by atoms with Crippen molar-refractivity contribution in [1.29, 1.82) is 0 Å². The van der Waals surface area contributed by atoms with Crippen LogP contribution in [0.3, 0.4) is 0 Å². The number of fused-ring (bicyclic) bond motifs is 1. The summed E-state index contributed by atoms with van der Waals surface area (Å²) in [5.41, 5.74) is 0.501. The third-order valence-electron chi connectivity index (χ3n) is 5.60. The maximum Gasteiger partial charge on any atom is 0.332 e. The van der Waals surface area contributed by atoms with Crippen molar-refractivity contribution in [2.24, 2.45) is 5.92 Å². The molecular formula is C22H24N4O3. The molecule has 3 aromatic rings. The molecule has 0 radical (unpaired) electrons. The minimum atomic E-state index is -0.488. The Kier molecular flexibility index (Phi) is 5.29. The van der Waals surface area contributed by atoms with Crippen LogP contribution in [0.15, 0.2) is 58.3 Å². The molecule has 1 aliphatic heterocycles. The van der Waals surface area contributed by atoms with Crippen molar-refractivity contribution in [3.63, 3.8) is 0 Å². The maximum absolute atomic E-state index is 13.2. The van der Waals surface area contributed by atoms with Crippen LogP contribution in [0.5, 0.6) is 0 Å². The first-order chi connectivity index (χ1) is 14.0. The largest absolute Gasteiger partial charge is 0.341 e. The number of carbonyl (C=O) groups excluding carboxylic acids is 1. The highest BCUT2D eigenvalue weighted by Gasteiger charge is 2.22. The molecule has 1 amide bonds. The maximum atomic E-state index is 13.2. The Morgan fingerprint density at radius 3 is 2.48 bits per heavy atom. The second-order valence-corrected chi connectivity index (χ2v) is 7.68. The monoisotopic (exact) mass is 392 g/mol. The van der Waals surface area contributed by atoms with Gasteiger partial charge in [0.2, 0.25) is 5.91 Å². The molecule has 0 spiro atoms. The number of aromatic nitrogens is 3. The van der Waals surface area contributed by atoms with Gasteiger partial charge in [0.05, 0.1) is 12.1 Å². The summed E-state index contributed by atoms with van der Waals surface area (Å²) in [6, 6.07) is 12.7. The molecule has 0 unspecified atom stereocenters. The van der Waals surface area contributed by atoms with Crippen LogP contribution in [-0.2, 0) is 17.9 Å². The third kappa shape index (κ3) is 3.85. The van der Waals surface area contributed by atoms with Gasteiger partial charge in [-0.25, -0.2) is 9.78 Å². The molecule has 1 aliphatic rings. The zero-order valence-electron chi connectivity index (χ0n) is 16.5. The molecule has 1 saturated heterocycles. The Hall–Kier alpha value is -3.22. The van der Waals surface area contributed by atoms with Crippen LogP contribution in [-0.4, -0.2) is 38.0 Å². The Balaban J connectivity index is 1.75. The number of piperidine rings is 1. The fourth-order valence-corrected chi connectivity index (χ4v) is 3.79. The van der Waals surface area contributed by atoms with Crippen molar-refractivity contribution >= 4 is 16.9 Å². The summed E-state index contributed by atoms with van der Waals surface area (Å²) < 4.78 is 2.54. The van der Waals surface area contributed by atoms with Crippen molar-refractivity contribution < 1.29 is 4.79 Å². The van der Waals surface area contributed by atoms with Gasteiger partial charge >= 0.3 is 5.69 Å². The normalized spacial score (nSPS) is 15.0. The molecule has 0 aliphatic carbocycles. The number of amides is 1. The average Bonchev–Trinajstić information content (AvgIpc) is 2.75. The van der Waals surface area contributed by atoms with Crippen LogP contribution in [0.4, 0.5) is 0 Å². The standard InChI is InChI=1S/C22H24N4O3/c1-16-9-12-24(13-10-16)19(27)15-25-18-8-5-11-23-20(18)21(28)26(22(25)29)14-17-6-3-2-4-7-17/h2-8,11,16H,9-10,12-15H2,1H3. The molecule has 0 saturated carbocycles. The van der Waals surface area contributed by atoms with E-state index in [1.807, 2.05) is 30.3 Å². The van der Waals surface area contributed by atoms with E-state index in [0.29, 0.717) is 24.5 Å². The topological polar surface area (TPSA) is 77.2 Å². The SMILES string of the molecule is CC1CCN(C(=O)Cn2c(=O)n(Cc3ccccc3)c(=O)c3ncccc32)CC1. The van der Waals surface area contributed by atoms with Crippen LogP contribution in [0.2, 0.25) is 0 Å². The molecule has 7 nitrogen and oxygen atoms in total. The molecule has 0 N–H and O–H groups in total. The lowest BCUT2D eigenvalue weighted by atomic mass is 9.99. The van der Waals surface area contributed by atoms with E-state index in [4.69, 9.17) is 0 Å². The molecule has 4 rings (SSSR count). The molecule has 7 heteroatoms. The van der Waals surface area contributed by atoms with Crippen molar-refractivity contribution in [3.8, 4) is 0 Å². The van der Waals surface area contributed by atoms with Gasteiger partial charge in [-0.2, -0.15) is 0 Å². The molecule has 29 heavy (non-hydrogen) atoms. The van der Waals surface area contributed by atoms with Gasteiger partial charge in [0, 0.05) is 19.3 Å². The summed E-state index contributed by atoms with van der Waals surface area (Å²) in [6.07, 6.45) is 3.46. The van der Waals surface area contributed by atoms with Crippen LogP contribution >= 0.6 is 0 Å². The van der Waals surface area contributed by atoms with Crippen molar-refractivity contribution in [2.45, 2.75) is 32.9 Å². The second-order valence-electron chi connectivity index (χ2n) is 7.68. The average molecular weight is 392 g/mol. The number of hydrogen-bond acceptors (Lipinski definition) is 4. The summed E-state index contributed by atoms with van der Waals surface area (Å²) in [5, 5.41) is 0. The molecule has 1 fully saturated rings.